The quantitative estimate of drug-likeness (QED) is 0.549. The van der Waals surface area contributed by atoms with Gasteiger partial charge in [-0.05, 0) is 72.6 Å². The summed E-state index contributed by atoms with van der Waals surface area (Å²) in [5.41, 5.74) is 7.25. The number of aryl methyl sites for hydroxylation is 4. The maximum atomic E-state index is 13.1. The molecule has 0 radical (unpaired) electrons. The van der Waals surface area contributed by atoms with Gasteiger partial charge >= 0.3 is 0 Å². The predicted octanol–water partition coefficient (Wildman–Crippen LogP) is 6.04. The topological polar surface area (TPSA) is 20.3 Å². The zero-order valence-electron chi connectivity index (χ0n) is 16.5. The van der Waals surface area contributed by atoms with Gasteiger partial charge in [0.15, 0.2) is 0 Å². The van der Waals surface area contributed by atoms with Crippen molar-refractivity contribution in [1.82, 2.24) is 0 Å². The van der Waals surface area contributed by atoms with Gasteiger partial charge in [-0.15, -0.1) is 0 Å². The van der Waals surface area contributed by atoms with Crippen molar-refractivity contribution in [3.8, 4) is 0 Å². The summed E-state index contributed by atoms with van der Waals surface area (Å²) in [4.78, 5) is 15.1. The zero-order valence-corrected chi connectivity index (χ0v) is 16.5. The molecule has 2 nitrogen and oxygen atoms in total. The molecule has 4 aliphatic carbocycles. The van der Waals surface area contributed by atoms with E-state index in [1.165, 1.54) is 22.3 Å². The Morgan fingerprint density at radius 1 is 0.786 bits per heavy atom. The highest BCUT2D eigenvalue weighted by atomic mass is 16.2. The molecule has 1 amide bonds. The van der Waals surface area contributed by atoms with E-state index in [0.717, 1.165) is 43.5 Å². The summed E-state index contributed by atoms with van der Waals surface area (Å²) in [5.74, 6) is 0.169. The third-order valence-electron chi connectivity index (χ3n) is 5.53. The van der Waals surface area contributed by atoms with Crippen LogP contribution in [0.15, 0.2) is 72.8 Å². The van der Waals surface area contributed by atoms with Gasteiger partial charge in [0.2, 0.25) is 5.91 Å². The fourth-order valence-electron chi connectivity index (χ4n) is 3.94. The minimum absolute atomic E-state index is 0.169. The molecule has 28 heavy (non-hydrogen) atoms. The summed E-state index contributed by atoms with van der Waals surface area (Å²) in [6.07, 6.45) is 5.32. The smallest absolute Gasteiger partial charge is 0.231 e. The highest BCUT2D eigenvalue weighted by Crippen LogP contribution is 2.32. The molecule has 0 aliphatic heterocycles. The van der Waals surface area contributed by atoms with E-state index in [0.29, 0.717) is 6.42 Å². The van der Waals surface area contributed by atoms with Crippen molar-refractivity contribution in [1.29, 1.82) is 0 Å². The van der Waals surface area contributed by atoms with Gasteiger partial charge in [-0.3, -0.25) is 9.69 Å². The molecule has 0 atom stereocenters. The first-order valence-corrected chi connectivity index (χ1v) is 10.3. The molecule has 3 aromatic rings. The van der Waals surface area contributed by atoms with Crippen LogP contribution < -0.4 is 4.90 Å². The summed E-state index contributed by atoms with van der Waals surface area (Å²) in [7, 11) is 0. The Labute approximate surface area is 167 Å². The summed E-state index contributed by atoms with van der Waals surface area (Å²) in [5, 5.41) is 0. The Kier molecular flexibility index (Phi) is 5.57. The van der Waals surface area contributed by atoms with E-state index in [9.17, 15) is 4.79 Å². The number of rotatable bonds is 4. The fourth-order valence-corrected chi connectivity index (χ4v) is 3.94. The highest BCUT2D eigenvalue weighted by molar-refractivity contribution is 6.01. The Morgan fingerprint density at radius 2 is 1.39 bits per heavy atom. The van der Waals surface area contributed by atoms with Crippen LogP contribution in [0.3, 0.4) is 0 Å². The summed E-state index contributed by atoms with van der Waals surface area (Å²) in [6, 6.07) is 25.8. The Hall–Kier alpha value is -2.87. The van der Waals surface area contributed by atoms with Gasteiger partial charge in [-0.1, -0.05) is 61.5 Å². The zero-order chi connectivity index (χ0) is 19.3. The molecule has 4 aliphatic rings. The lowest BCUT2D eigenvalue weighted by Crippen LogP contribution is -2.26. The molecular weight excluding hydrogens is 342 g/mol. The second kappa shape index (κ2) is 8.43. The third-order valence-corrected chi connectivity index (χ3v) is 5.53. The summed E-state index contributed by atoms with van der Waals surface area (Å²) < 4.78 is 0. The molecule has 2 heteroatoms. The van der Waals surface area contributed by atoms with Crippen LogP contribution in [0.2, 0.25) is 0 Å². The highest BCUT2D eigenvalue weighted by Gasteiger charge is 2.21. The van der Waals surface area contributed by atoms with Crippen LogP contribution in [0.4, 0.5) is 11.4 Å². The molecule has 0 fully saturated rings. The molecule has 7 rings (SSSR count). The van der Waals surface area contributed by atoms with Crippen LogP contribution in [0.25, 0.3) is 0 Å². The maximum Gasteiger partial charge on any atom is 0.231 e. The molecule has 0 unspecified atom stereocenters. The average Bonchev–Trinajstić information content (AvgIpc) is 2.72. The van der Waals surface area contributed by atoms with E-state index in [1.54, 1.807) is 0 Å². The number of anilines is 2. The van der Waals surface area contributed by atoms with Crippen molar-refractivity contribution in [2.75, 3.05) is 4.90 Å². The lowest BCUT2D eigenvalue weighted by molar-refractivity contribution is -0.117. The number of benzene rings is 3. The van der Waals surface area contributed by atoms with Gasteiger partial charge in [0, 0.05) is 12.1 Å². The lowest BCUT2D eigenvalue weighted by Gasteiger charge is -2.27. The largest absolute Gasteiger partial charge is 0.281 e. The Balaban J connectivity index is 1.79. The summed E-state index contributed by atoms with van der Waals surface area (Å²) >= 11 is 0. The van der Waals surface area contributed by atoms with Crippen LogP contribution >= 0.6 is 0 Å². The van der Waals surface area contributed by atoms with Crippen LogP contribution in [0.5, 0.6) is 0 Å². The third kappa shape index (κ3) is 4.01. The first kappa shape index (κ1) is 18.5. The van der Waals surface area contributed by atoms with Gasteiger partial charge in [-0.2, -0.15) is 0 Å². The van der Waals surface area contributed by atoms with Gasteiger partial charge in [0.05, 0.1) is 5.69 Å². The van der Waals surface area contributed by atoms with E-state index >= 15 is 0 Å². The van der Waals surface area contributed by atoms with E-state index in [4.69, 9.17) is 0 Å². The molecule has 142 valence electrons. The molecule has 0 saturated carbocycles. The van der Waals surface area contributed by atoms with Crippen molar-refractivity contribution in [2.24, 2.45) is 0 Å². The standard InChI is InChI=1S/C26H27NO/c1-2-6-26(28)27(24-7-4-3-5-8-24)25-19-22-14-13-20-9-11-21(12-10-20)15-17-23(25)18-16-22/h3-5,7-12,16,18-19H,2,6,13-15,17H2,1H3. The fraction of sp³-hybridized carbons (Fsp3) is 0.269. The van der Waals surface area contributed by atoms with Crippen LogP contribution in [0.1, 0.15) is 42.0 Å². The van der Waals surface area contributed by atoms with Crippen LogP contribution in [-0.4, -0.2) is 5.91 Å². The molecule has 0 aromatic heterocycles. The van der Waals surface area contributed by atoms with Crippen molar-refractivity contribution in [3.63, 3.8) is 0 Å². The van der Waals surface area contributed by atoms with Crippen LogP contribution in [0, 0.1) is 0 Å². The predicted molar refractivity (Wildman–Crippen MR) is 116 cm³/mol. The van der Waals surface area contributed by atoms with Gasteiger partial charge in [0.25, 0.3) is 0 Å². The molecule has 0 heterocycles. The van der Waals surface area contributed by atoms with E-state index < -0.39 is 0 Å². The van der Waals surface area contributed by atoms with E-state index in [2.05, 4.69) is 49.4 Å². The van der Waals surface area contributed by atoms with Crippen molar-refractivity contribution >= 4 is 17.3 Å². The van der Waals surface area contributed by atoms with E-state index in [1.807, 2.05) is 35.2 Å². The molecule has 3 aromatic carbocycles. The summed E-state index contributed by atoms with van der Waals surface area (Å²) in [6.45, 7) is 2.06. The molecular formula is C26H27NO. The van der Waals surface area contributed by atoms with Crippen molar-refractivity contribution in [3.05, 3.63) is 95.1 Å². The number of amides is 1. The number of carbonyl (C=O) groups excluding carboxylic acids is 1. The Bertz CT molecular complexity index is 944. The second-order valence-electron chi connectivity index (χ2n) is 7.59. The van der Waals surface area contributed by atoms with Gasteiger partial charge < -0.3 is 0 Å². The first-order valence-electron chi connectivity index (χ1n) is 10.3. The maximum absolute atomic E-state index is 13.1. The average molecular weight is 370 g/mol. The number of hydrogen-bond donors (Lipinski definition) is 0. The van der Waals surface area contributed by atoms with Crippen molar-refractivity contribution < 1.29 is 4.79 Å². The number of para-hydroxylation sites is 1. The minimum Gasteiger partial charge on any atom is -0.281 e. The lowest BCUT2D eigenvalue weighted by atomic mass is 9.95. The monoisotopic (exact) mass is 369 g/mol. The number of hydrogen-bond acceptors (Lipinski definition) is 1. The second-order valence-corrected chi connectivity index (χ2v) is 7.59. The van der Waals surface area contributed by atoms with Crippen LogP contribution in [-0.2, 0) is 30.5 Å². The molecule has 0 spiro atoms. The Morgan fingerprint density at radius 3 is 2.07 bits per heavy atom. The molecule has 4 bridgehead atoms. The van der Waals surface area contributed by atoms with Gasteiger partial charge in [0.1, 0.15) is 0 Å². The van der Waals surface area contributed by atoms with E-state index in [-0.39, 0.29) is 5.91 Å². The molecule has 0 N–H and O–H groups in total. The van der Waals surface area contributed by atoms with Gasteiger partial charge in [-0.25, -0.2) is 0 Å². The number of nitrogens with zero attached hydrogens (tertiary/aromatic N) is 1. The first-order chi connectivity index (χ1) is 13.7. The number of carbonyl (C=O) groups is 1. The SMILES string of the molecule is CCCC(=O)N(c1ccccc1)c1cc2ccc1CCc1ccc(cc1)CC2. The van der Waals surface area contributed by atoms with Crippen molar-refractivity contribution in [2.45, 2.75) is 45.4 Å². The normalized spacial score (nSPS) is 13.0. The minimum atomic E-state index is 0.169. The molecule has 0 saturated heterocycles.